The van der Waals surface area contributed by atoms with E-state index in [1.807, 2.05) is 0 Å². The standard InChI is InChI=1S/C8H15NO.Na.H/c1-9-6-2-3-7(9)5-8(10)4-6;;/h6-8,10H,2-5H2,1H3;;/t6-,7+,8+;;. The molecule has 11 heavy (non-hydrogen) atoms. The SMILES string of the molecule is CN1[C@@H]2CC[C@H]1C[C@@H](O)C2.[NaH]. The Hall–Kier alpha value is 0.920. The molecule has 2 aliphatic heterocycles. The molecule has 0 saturated carbocycles. The van der Waals surface area contributed by atoms with Gasteiger partial charge in [0.15, 0.2) is 0 Å². The molecule has 60 valence electrons. The fourth-order valence-corrected chi connectivity index (χ4v) is 2.38. The molecule has 2 heterocycles. The molecule has 0 unspecified atom stereocenters. The monoisotopic (exact) mass is 165 g/mol. The van der Waals surface area contributed by atoms with Crippen molar-refractivity contribution >= 4 is 29.6 Å². The molecule has 0 aromatic carbocycles. The maximum absolute atomic E-state index is 9.38. The van der Waals surface area contributed by atoms with Gasteiger partial charge in [-0.1, -0.05) is 0 Å². The van der Waals surface area contributed by atoms with Gasteiger partial charge in [0.2, 0.25) is 0 Å². The number of hydrogen-bond acceptors (Lipinski definition) is 2. The van der Waals surface area contributed by atoms with Gasteiger partial charge in [-0.05, 0) is 32.7 Å². The van der Waals surface area contributed by atoms with Crippen molar-refractivity contribution in [1.29, 1.82) is 0 Å². The van der Waals surface area contributed by atoms with E-state index in [4.69, 9.17) is 0 Å². The molecule has 0 spiro atoms. The molecule has 2 fully saturated rings. The van der Waals surface area contributed by atoms with Crippen LogP contribution >= 0.6 is 0 Å². The third kappa shape index (κ3) is 1.81. The van der Waals surface area contributed by atoms with E-state index in [-0.39, 0.29) is 35.7 Å². The van der Waals surface area contributed by atoms with Gasteiger partial charge in [0.1, 0.15) is 0 Å². The average molecular weight is 165 g/mol. The second kappa shape index (κ2) is 3.75. The van der Waals surface area contributed by atoms with E-state index >= 15 is 0 Å². The molecular weight excluding hydrogens is 149 g/mol. The van der Waals surface area contributed by atoms with Crippen LogP contribution in [-0.2, 0) is 0 Å². The molecule has 2 rings (SSSR count). The topological polar surface area (TPSA) is 23.5 Å². The van der Waals surface area contributed by atoms with Gasteiger partial charge in [-0.25, -0.2) is 0 Å². The van der Waals surface area contributed by atoms with Crippen LogP contribution < -0.4 is 0 Å². The molecule has 0 aliphatic carbocycles. The van der Waals surface area contributed by atoms with E-state index in [1.165, 1.54) is 12.8 Å². The van der Waals surface area contributed by atoms with Gasteiger partial charge in [0, 0.05) is 12.1 Å². The van der Waals surface area contributed by atoms with Crippen LogP contribution in [0.5, 0.6) is 0 Å². The minimum absolute atomic E-state index is 0. The Morgan fingerprint density at radius 1 is 1.18 bits per heavy atom. The van der Waals surface area contributed by atoms with Crippen molar-refractivity contribution < 1.29 is 5.11 Å². The Labute approximate surface area is 90.2 Å². The summed E-state index contributed by atoms with van der Waals surface area (Å²) in [5.41, 5.74) is 0. The first-order valence-electron chi connectivity index (χ1n) is 4.17. The summed E-state index contributed by atoms with van der Waals surface area (Å²) >= 11 is 0. The number of piperidine rings is 1. The first-order chi connectivity index (χ1) is 4.77. The van der Waals surface area contributed by atoms with Crippen LogP contribution in [0.15, 0.2) is 0 Å². The van der Waals surface area contributed by atoms with Crippen LogP contribution in [0, 0.1) is 0 Å². The van der Waals surface area contributed by atoms with Crippen molar-refractivity contribution in [2.75, 3.05) is 7.05 Å². The van der Waals surface area contributed by atoms with Crippen molar-refractivity contribution in [2.24, 2.45) is 0 Å². The maximum atomic E-state index is 9.38. The molecule has 3 heteroatoms. The zero-order chi connectivity index (χ0) is 7.14. The first-order valence-corrected chi connectivity index (χ1v) is 4.17. The van der Waals surface area contributed by atoms with Gasteiger partial charge in [0.25, 0.3) is 0 Å². The molecule has 2 saturated heterocycles. The molecule has 2 aliphatic rings. The van der Waals surface area contributed by atoms with E-state index in [2.05, 4.69) is 11.9 Å². The zero-order valence-corrected chi connectivity index (χ0v) is 6.45. The summed E-state index contributed by atoms with van der Waals surface area (Å²) in [5, 5.41) is 9.38. The van der Waals surface area contributed by atoms with E-state index in [1.54, 1.807) is 0 Å². The van der Waals surface area contributed by atoms with Crippen LogP contribution in [0.1, 0.15) is 25.7 Å². The molecule has 2 nitrogen and oxygen atoms in total. The Morgan fingerprint density at radius 2 is 1.64 bits per heavy atom. The molecule has 0 aromatic heterocycles. The quantitative estimate of drug-likeness (QED) is 0.509. The van der Waals surface area contributed by atoms with Gasteiger partial charge >= 0.3 is 29.6 Å². The fourth-order valence-electron chi connectivity index (χ4n) is 2.38. The number of aliphatic hydroxyl groups excluding tert-OH is 1. The molecule has 0 radical (unpaired) electrons. The minimum atomic E-state index is -0.00583. The van der Waals surface area contributed by atoms with Crippen LogP contribution in [0.2, 0.25) is 0 Å². The summed E-state index contributed by atoms with van der Waals surface area (Å²) in [7, 11) is 2.19. The van der Waals surface area contributed by atoms with Crippen molar-refractivity contribution in [3.63, 3.8) is 0 Å². The summed E-state index contributed by atoms with van der Waals surface area (Å²) in [6, 6.07) is 1.38. The van der Waals surface area contributed by atoms with Gasteiger partial charge < -0.3 is 10.0 Å². The Balaban J connectivity index is 0.000000605. The molecular formula is C8H16NNaO. The van der Waals surface area contributed by atoms with Crippen LogP contribution in [0.4, 0.5) is 0 Å². The molecule has 0 aromatic rings. The predicted octanol–water partition coefficient (Wildman–Crippen LogP) is -0.0446. The second-order valence-electron chi connectivity index (χ2n) is 3.68. The Kier molecular flexibility index (Phi) is 3.41. The first kappa shape index (κ1) is 10.0. The molecule has 0 amide bonds. The van der Waals surface area contributed by atoms with E-state index in [0.29, 0.717) is 12.1 Å². The van der Waals surface area contributed by atoms with Crippen molar-refractivity contribution in [1.82, 2.24) is 4.90 Å². The summed E-state index contributed by atoms with van der Waals surface area (Å²) in [6.07, 6.45) is 4.62. The average Bonchev–Trinajstić information content (AvgIpc) is 2.20. The van der Waals surface area contributed by atoms with Crippen LogP contribution in [-0.4, -0.2) is 64.8 Å². The van der Waals surface area contributed by atoms with Gasteiger partial charge in [0.05, 0.1) is 6.10 Å². The summed E-state index contributed by atoms with van der Waals surface area (Å²) < 4.78 is 0. The van der Waals surface area contributed by atoms with E-state index in [0.717, 1.165) is 12.8 Å². The number of hydrogen-bond donors (Lipinski definition) is 1. The third-order valence-corrected chi connectivity index (χ3v) is 3.07. The summed E-state index contributed by atoms with van der Waals surface area (Å²) in [6.45, 7) is 0. The Morgan fingerprint density at radius 3 is 2.09 bits per heavy atom. The summed E-state index contributed by atoms with van der Waals surface area (Å²) in [5.74, 6) is 0. The van der Waals surface area contributed by atoms with Gasteiger partial charge in [-0.15, -0.1) is 0 Å². The normalized spacial score (nSPS) is 43.6. The van der Waals surface area contributed by atoms with Crippen molar-refractivity contribution in [2.45, 2.75) is 43.9 Å². The van der Waals surface area contributed by atoms with Crippen LogP contribution in [0.3, 0.4) is 0 Å². The summed E-state index contributed by atoms with van der Waals surface area (Å²) in [4.78, 5) is 2.44. The molecule has 2 bridgehead atoms. The predicted molar refractivity (Wildman–Crippen MR) is 47.0 cm³/mol. The van der Waals surface area contributed by atoms with E-state index in [9.17, 15) is 5.11 Å². The van der Waals surface area contributed by atoms with E-state index < -0.39 is 0 Å². The van der Waals surface area contributed by atoms with Gasteiger partial charge in [-0.3, -0.25) is 0 Å². The molecule has 1 N–H and O–H groups in total. The van der Waals surface area contributed by atoms with Crippen molar-refractivity contribution in [3.05, 3.63) is 0 Å². The fraction of sp³-hybridized carbons (Fsp3) is 1.00. The number of rotatable bonds is 0. The number of aliphatic hydroxyl groups is 1. The molecule has 3 atom stereocenters. The number of fused-ring (bicyclic) bond motifs is 2. The second-order valence-corrected chi connectivity index (χ2v) is 3.68. The van der Waals surface area contributed by atoms with Crippen LogP contribution in [0.25, 0.3) is 0 Å². The van der Waals surface area contributed by atoms with Gasteiger partial charge in [-0.2, -0.15) is 0 Å². The zero-order valence-electron chi connectivity index (χ0n) is 6.45. The Bertz CT molecular complexity index is 128. The number of nitrogens with zero attached hydrogens (tertiary/aromatic N) is 1. The van der Waals surface area contributed by atoms with Crippen molar-refractivity contribution in [3.8, 4) is 0 Å². The third-order valence-electron chi connectivity index (χ3n) is 3.07.